The minimum atomic E-state index is -5.19. The second kappa shape index (κ2) is 10.8. The van der Waals surface area contributed by atoms with E-state index < -0.39 is 78.8 Å². The highest BCUT2D eigenvalue weighted by atomic mass is 19.4. The molecule has 212 valence electrons. The molecule has 0 saturated heterocycles. The van der Waals surface area contributed by atoms with Gasteiger partial charge in [0.25, 0.3) is 0 Å². The first-order valence-electron chi connectivity index (χ1n) is 12.1. The quantitative estimate of drug-likeness (QED) is 0.196. The van der Waals surface area contributed by atoms with Crippen LogP contribution in [0.1, 0.15) is 11.4 Å². The number of benzene rings is 3. The van der Waals surface area contributed by atoms with Gasteiger partial charge in [-0.15, -0.1) is 0 Å². The number of hydrogen-bond donors (Lipinski definition) is 0. The van der Waals surface area contributed by atoms with Crippen molar-refractivity contribution in [2.75, 3.05) is 0 Å². The van der Waals surface area contributed by atoms with E-state index in [1.165, 1.54) is 72.8 Å². The zero-order valence-electron chi connectivity index (χ0n) is 21.6. The minimum Gasteiger partial charge on any atom is -0.243 e. The summed E-state index contributed by atoms with van der Waals surface area (Å²) in [4.78, 5) is 15.6. The maximum atomic E-state index is 14.4. The van der Waals surface area contributed by atoms with E-state index in [1.54, 1.807) is 12.1 Å². The summed E-state index contributed by atoms with van der Waals surface area (Å²) in [6.45, 7) is 0. The summed E-state index contributed by atoms with van der Waals surface area (Å²) in [5.41, 5.74) is -9.52. The normalized spacial score (nSPS) is 11.3. The van der Waals surface area contributed by atoms with E-state index in [0.717, 1.165) is 0 Å². The zero-order valence-corrected chi connectivity index (χ0v) is 21.6. The molecule has 0 aliphatic heterocycles. The van der Waals surface area contributed by atoms with Crippen LogP contribution in [-0.2, 0) is 12.4 Å². The third-order valence-corrected chi connectivity index (χ3v) is 6.32. The summed E-state index contributed by atoms with van der Waals surface area (Å²) in [5.74, 6) is 0. The van der Waals surface area contributed by atoms with Crippen LogP contribution in [0.5, 0.6) is 0 Å². The molecule has 44 heavy (non-hydrogen) atoms. The highest BCUT2D eigenvalue weighted by Gasteiger charge is 2.40. The predicted octanol–water partition coefficient (Wildman–Crippen LogP) is 5.34. The van der Waals surface area contributed by atoms with Gasteiger partial charge in [-0.1, -0.05) is 60.7 Å². The van der Waals surface area contributed by atoms with Gasteiger partial charge in [0.2, 0.25) is 0 Å². The number of nitriles is 4. The number of aromatic nitrogens is 4. The maximum Gasteiger partial charge on any atom is 0.435 e. The molecule has 0 atom stereocenters. The molecule has 0 amide bonds. The fourth-order valence-corrected chi connectivity index (χ4v) is 4.53. The zero-order chi connectivity index (χ0) is 31.8. The average Bonchev–Trinajstić information content (AvgIpc) is 3.01. The standard InChI is InChI=1S/C30H10F6N8/c31-29(32,33)27-21(15-7-3-1-4-8-15)41-23-19(17(11-37)12-38)24-26(20(25(23)43-27)18(13-39)14-40)44-28(30(34,35)36)22(42-24)16-9-5-2-6-10-16/h1-10H. The summed E-state index contributed by atoms with van der Waals surface area (Å²) in [7, 11) is 0. The first kappa shape index (κ1) is 29.1. The molecule has 5 rings (SSSR count). The van der Waals surface area contributed by atoms with Gasteiger partial charge in [0.1, 0.15) is 68.9 Å². The van der Waals surface area contributed by atoms with Gasteiger partial charge < -0.3 is 0 Å². The van der Waals surface area contributed by atoms with Crippen molar-refractivity contribution in [2.45, 2.75) is 12.4 Å². The third kappa shape index (κ3) is 4.87. The molecule has 0 N–H and O–H groups in total. The number of alkyl halides is 6. The molecule has 0 bridgehead atoms. The largest absolute Gasteiger partial charge is 0.435 e. The fourth-order valence-electron chi connectivity index (χ4n) is 4.53. The maximum absolute atomic E-state index is 14.4. The monoisotopic (exact) mass is 596 g/mol. The van der Waals surface area contributed by atoms with Gasteiger partial charge in [0.05, 0.1) is 10.4 Å². The molecule has 2 heterocycles. The summed E-state index contributed by atoms with van der Waals surface area (Å²) >= 11 is 0. The van der Waals surface area contributed by atoms with Crippen molar-refractivity contribution in [2.24, 2.45) is 0 Å². The SMILES string of the molecule is N#CC(C#N)=c1c2nc(-c3ccccc3)c(C(F)(F)F)nc2c(=C(C#N)C#N)c2nc(C(F)(F)F)c(-c3ccccc3)nc12. The van der Waals surface area contributed by atoms with E-state index >= 15 is 0 Å². The van der Waals surface area contributed by atoms with Crippen LogP contribution in [0.15, 0.2) is 60.7 Å². The van der Waals surface area contributed by atoms with Gasteiger partial charge in [0.15, 0.2) is 11.4 Å². The first-order chi connectivity index (χ1) is 20.9. The molecule has 5 aromatic rings. The highest BCUT2D eigenvalue weighted by Crippen LogP contribution is 2.37. The Hall–Kier alpha value is -6.38. The van der Waals surface area contributed by atoms with Crippen molar-refractivity contribution in [3.63, 3.8) is 0 Å². The van der Waals surface area contributed by atoms with Crippen LogP contribution >= 0.6 is 0 Å². The minimum absolute atomic E-state index is 0.0782. The molecule has 0 spiro atoms. The number of hydrogen-bond acceptors (Lipinski definition) is 8. The van der Waals surface area contributed by atoms with E-state index in [-0.39, 0.29) is 11.1 Å². The second-order valence-electron chi connectivity index (χ2n) is 8.91. The van der Waals surface area contributed by atoms with Gasteiger partial charge in [-0.2, -0.15) is 47.4 Å². The van der Waals surface area contributed by atoms with Gasteiger partial charge in [0, 0.05) is 11.1 Å². The van der Waals surface area contributed by atoms with Crippen LogP contribution in [0.25, 0.3) is 55.7 Å². The van der Waals surface area contributed by atoms with Gasteiger partial charge in [-0.3, -0.25) is 0 Å². The number of nitrogens with zero attached hydrogens (tertiary/aromatic N) is 8. The van der Waals surface area contributed by atoms with Crippen molar-refractivity contribution < 1.29 is 26.3 Å². The Morgan fingerprint density at radius 3 is 1.05 bits per heavy atom. The van der Waals surface area contributed by atoms with Crippen LogP contribution in [0.3, 0.4) is 0 Å². The molecular weight excluding hydrogens is 586 g/mol. The Kier molecular flexibility index (Phi) is 7.14. The smallest absolute Gasteiger partial charge is 0.243 e. The molecule has 0 aliphatic carbocycles. The van der Waals surface area contributed by atoms with E-state index in [4.69, 9.17) is 0 Å². The molecule has 0 aliphatic rings. The lowest BCUT2D eigenvalue weighted by atomic mass is 10.0. The first-order valence-corrected chi connectivity index (χ1v) is 12.1. The molecule has 0 fully saturated rings. The third-order valence-electron chi connectivity index (χ3n) is 6.32. The Morgan fingerprint density at radius 1 is 0.477 bits per heavy atom. The van der Waals surface area contributed by atoms with Crippen LogP contribution in [-0.4, -0.2) is 19.9 Å². The lowest BCUT2D eigenvalue weighted by Crippen LogP contribution is -2.26. The summed E-state index contributed by atoms with van der Waals surface area (Å²) in [6.07, 6.45) is -10.4. The number of rotatable bonds is 2. The molecular formula is C30H10F6N8. The van der Waals surface area contributed by atoms with Gasteiger partial charge in [-0.05, 0) is 0 Å². The lowest BCUT2D eigenvalue weighted by Gasteiger charge is -2.16. The van der Waals surface area contributed by atoms with Crippen molar-refractivity contribution in [3.8, 4) is 46.8 Å². The van der Waals surface area contributed by atoms with Crippen LogP contribution < -0.4 is 10.4 Å². The predicted molar refractivity (Wildman–Crippen MR) is 142 cm³/mol. The number of fused-ring (bicyclic) bond motifs is 2. The molecule has 14 heteroatoms. The Labute approximate surface area is 242 Å². The van der Waals surface area contributed by atoms with Crippen molar-refractivity contribution in [1.29, 1.82) is 21.0 Å². The van der Waals surface area contributed by atoms with E-state index in [1.807, 2.05) is 0 Å². The van der Waals surface area contributed by atoms with E-state index in [2.05, 4.69) is 19.9 Å². The molecule has 2 aromatic heterocycles. The summed E-state index contributed by atoms with van der Waals surface area (Å²) in [5, 5.41) is 37.7. The lowest BCUT2D eigenvalue weighted by molar-refractivity contribution is -0.141. The molecule has 8 nitrogen and oxygen atoms in total. The van der Waals surface area contributed by atoms with Gasteiger partial charge in [-0.25, -0.2) is 19.9 Å². The van der Waals surface area contributed by atoms with Crippen LogP contribution in [0.2, 0.25) is 0 Å². The highest BCUT2D eigenvalue weighted by molar-refractivity contribution is 6.01. The van der Waals surface area contributed by atoms with E-state index in [0.29, 0.717) is 0 Å². The van der Waals surface area contributed by atoms with Crippen molar-refractivity contribution in [1.82, 2.24) is 19.9 Å². The molecule has 3 aromatic carbocycles. The Morgan fingerprint density at radius 2 is 0.773 bits per heavy atom. The summed E-state index contributed by atoms with van der Waals surface area (Å²) in [6, 6.07) is 20.0. The average molecular weight is 596 g/mol. The van der Waals surface area contributed by atoms with Gasteiger partial charge >= 0.3 is 12.4 Å². The molecule has 0 radical (unpaired) electrons. The van der Waals surface area contributed by atoms with Crippen LogP contribution in [0, 0.1) is 45.3 Å². The van der Waals surface area contributed by atoms with Crippen LogP contribution in [0.4, 0.5) is 26.3 Å². The van der Waals surface area contributed by atoms with E-state index in [9.17, 15) is 47.4 Å². The fraction of sp³-hybridized carbons (Fsp3) is 0.0667. The van der Waals surface area contributed by atoms with Crippen molar-refractivity contribution >= 4 is 33.2 Å². The molecule has 0 saturated carbocycles. The second-order valence-corrected chi connectivity index (χ2v) is 8.91. The topological polar surface area (TPSA) is 147 Å². The molecule has 0 unspecified atom stereocenters. The summed E-state index contributed by atoms with van der Waals surface area (Å²) < 4.78 is 86.4. The Balaban J connectivity index is 2.24. The van der Waals surface area contributed by atoms with Crippen molar-refractivity contribution in [3.05, 3.63) is 82.5 Å². The Bertz CT molecular complexity index is 2130. The number of halogens is 6.